The Kier molecular flexibility index (Phi) is 2.77. The van der Waals surface area contributed by atoms with E-state index >= 15 is 0 Å². The first-order valence-corrected chi connectivity index (χ1v) is 5.39. The molecule has 0 heterocycles. The fourth-order valence-corrected chi connectivity index (χ4v) is 1.74. The first-order chi connectivity index (χ1) is 7.61. The summed E-state index contributed by atoms with van der Waals surface area (Å²) in [6, 6.07) is 8.86. The van der Waals surface area contributed by atoms with Crippen molar-refractivity contribution in [1.82, 2.24) is 0 Å². The molecule has 0 unspecified atom stereocenters. The zero-order chi connectivity index (χ0) is 11.6. The van der Waals surface area contributed by atoms with E-state index in [1.165, 1.54) is 6.92 Å². The van der Waals surface area contributed by atoms with Crippen LogP contribution >= 0.6 is 0 Å². The van der Waals surface area contributed by atoms with Crippen molar-refractivity contribution in [3.05, 3.63) is 35.9 Å². The summed E-state index contributed by atoms with van der Waals surface area (Å²) in [6.45, 7) is 1.52. The lowest BCUT2D eigenvalue weighted by Crippen LogP contribution is -2.22. The van der Waals surface area contributed by atoms with Crippen molar-refractivity contribution in [3.63, 3.8) is 0 Å². The van der Waals surface area contributed by atoms with Crippen molar-refractivity contribution < 1.29 is 14.3 Å². The number of hydrogen-bond donors (Lipinski definition) is 0. The quantitative estimate of drug-likeness (QED) is 0.728. The van der Waals surface area contributed by atoms with E-state index in [4.69, 9.17) is 4.74 Å². The van der Waals surface area contributed by atoms with Gasteiger partial charge in [0.2, 0.25) is 0 Å². The molecule has 0 spiro atoms. The Morgan fingerprint density at radius 2 is 1.88 bits per heavy atom. The van der Waals surface area contributed by atoms with Crippen LogP contribution in [0.5, 0.6) is 0 Å². The summed E-state index contributed by atoms with van der Waals surface area (Å²) in [5.74, 6) is -0.266. The summed E-state index contributed by atoms with van der Waals surface area (Å²) in [6.07, 6.45) is 1.93. The molecule has 3 heteroatoms. The smallest absolute Gasteiger partial charge is 0.338 e. The van der Waals surface area contributed by atoms with Gasteiger partial charge in [-0.25, -0.2) is 4.79 Å². The van der Waals surface area contributed by atoms with Crippen LogP contribution in [-0.2, 0) is 9.53 Å². The van der Waals surface area contributed by atoms with Crippen molar-refractivity contribution in [2.45, 2.75) is 31.8 Å². The number of hydrogen-bond acceptors (Lipinski definition) is 3. The molecule has 1 aromatic rings. The zero-order valence-electron chi connectivity index (χ0n) is 9.23. The zero-order valence-corrected chi connectivity index (χ0v) is 9.23. The third kappa shape index (κ3) is 2.48. The summed E-state index contributed by atoms with van der Waals surface area (Å²) in [7, 11) is 0. The lowest BCUT2D eigenvalue weighted by molar-refractivity contribution is -0.119. The molecule has 84 valence electrons. The Balaban J connectivity index is 2.01. The Hall–Kier alpha value is -1.64. The van der Waals surface area contributed by atoms with Crippen LogP contribution in [0.15, 0.2) is 30.3 Å². The van der Waals surface area contributed by atoms with Gasteiger partial charge in [0.05, 0.1) is 5.56 Å². The lowest BCUT2D eigenvalue weighted by Gasteiger charge is -2.14. The Morgan fingerprint density at radius 3 is 2.38 bits per heavy atom. The van der Waals surface area contributed by atoms with Gasteiger partial charge >= 0.3 is 5.97 Å². The average molecular weight is 218 g/mol. The third-order valence-electron chi connectivity index (χ3n) is 2.70. The predicted octanol–water partition coefficient (Wildman–Crippen LogP) is 2.36. The standard InChI is InChI=1S/C13H14O3/c1-10(14)9-13(7-8-13)16-12(15)11-5-3-2-4-6-11/h2-6H,7-9H2,1H3. The maximum Gasteiger partial charge on any atom is 0.338 e. The van der Waals surface area contributed by atoms with Crippen LogP contribution < -0.4 is 0 Å². The number of ether oxygens (including phenoxy) is 1. The number of ketones is 1. The van der Waals surface area contributed by atoms with Gasteiger partial charge in [-0.05, 0) is 31.9 Å². The summed E-state index contributed by atoms with van der Waals surface area (Å²) >= 11 is 0. The van der Waals surface area contributed by atoms with E-state index in [0.717, 1.165) is 12.8 Å². The molecule has 0 saturated heterocycles. The van der Waals surface area contributed by atoms with E-state index < -0.39 is 5.60 Å². The highest BCUT2D eigenvalue weighted by Gasteiger charge is 2.47. The molecule has 0 radical (unpaired) electrons. The molecule has 0 amide bonds. The van der Waals surface area contributed by atoms with Crippen molar-refractivity contribution in [3.8, 4) is 0 Å². The number of Topliss-reactive ketones (excluding diaryl/α,β-unsaturated/α-hetero) is 1. The Labute approximate surface area is 94.4 Å². The van der Waals surface area contributed by atoms with Crippen LogP contribution in [-0.4, -0.2) is 17.4 Å². The minimum absolute atomic E-state index is 0.0679. The van der Waals surface area contributed by atoms with Gasteiger partial charge in [0.1, 0.15) is 11.4 Å². The van der Waals surface area contributed by atoms with E-state index in [1.54, 1.807) is 24.3 Å². The van der Waals surface area contributed by atoms with E-state index in [1.807, 2.05) is 6.07 Å². The van der Waals surface area contributed by atoms with Crippen molar-refractivity contribution in [1.29, 1.82) is 0 Å². The highest BCUT2D eigenvalue weighted by atomic mass is 16.6. The maximum atomic E-state index is 11.7. The third-order valence-corrected chi connectivity index (χ3v) is 2.70. The number of benzene rings is 1. The number of esters is 1. The summed E-state index contributed by atoms with van der Waals surface area (Å²) in [5.41, 5.74) is 0.0380. The number of carbonyl (C=O) groups is 2. The van der Waals surface area contributed by atoms with E-state index in [9.17, 15) is 9.59 Å². The lowest BCUT2D eigenvalue weighted by atomic mass is 10.1. The van der Waals surface area contributed by atoms with Gasteiger partial charge in [0, 0.05) is 6.42 Å². The van der Waals surface area contributed by atoms with Crippen LogP contribution in [0, 0.1) is 0 Å². The summed E-state index contributed by atoms with van der Waals surface area (Å²) in [5, 5.41) is 0. The molecule has 1 saturated carbocycles. The number of rotatable bonds is 4. The van der Waals surface area contributed by atoms with Crippen LogP contribution in [0.1, 0.15) is 36.5 Å². The minimum atomic E-state index is -0.501. The first kappa shape index (κ1) is 10.9. The topological polar surface area (TPSA) is 43.4 Å². The highest BCUT2D eigenvalue weighted by molar-refractivity contribution is 5.90. The molecule has 1 fully saturated rings. The molecule has 1 aliphatic rings. The first-order valence-electron chi connectivity index (χ1n) is 5.39. The molecule has 1 aliphatic carbocycles. The van der Waals surface area contributed by atoms with Crippen molar-refractivity contribution >= 4 is 11.8 Å². The van der Waals surface area contributed by atoms with Gasteiger partial charge in [-0.1, -0.05) is 18.2 Å². The van der Waals surface area contributed by atoms with Gasteiger partial charge in [-0.2, -0.15) is 0 Å². The van der Waals surface area contributed by atoms with Crippen molar-refractivity contribution in [2.75, 3.05) is 0 Å². The van der Waals surface area contributed by atoms with Gasteiger partial charge in [-0.3, -0.25) is 4.79 Å². The van der Waals surface area contributed by atoms with Crippen LogP contribution in [0.4, 0.5) is 0 Å². The van der Waals surface area contributed by atoms with E-state index in [0.29, 0.717) is 12.0 Å². The van der Waals surface area contributed by atoms with Crippen LogP contribution in [0.25, 0.3) is 0 Å². The molecule has 1 aromatic carbocycles. The van der Waals surface area contributed by atoms with Crippen LogP contribution in [0.3, 0.4) is 0 Å². The molecule has 0 atom stereocenters. The summed E-state index contributed by atoms with van der Waals surface area (Å²) in [4.78, 5) is 22.8. The molecule has 0 aromatic heterocycles. The van der Waals surface area contributed by atoms with E-state index in [-0.39, 0.29) is 11.8 Å². The summed E-state index contributed by atoms with van der Waals surface area (Å²) < 4.78 is 5.39. The molecular weight excluding hydrogens is 204 g/mol. The largest absolute Gasteiger partial charge is 0.455 e. The average Bonchev–Trinajstić information content (AvgIpc) is 2.98. The highest BCUT2D eigenvalue weighted by Crippen LogP contribution is 2.43. The second-order valence-corrected chi connectivity index (χ2v) is 4.32. The fourth-order valence-electron chi connectivity index (χ4n) is 1.74. The molecular formula is C13H14O3. The minimum Gasteiger partial charge on any atom is -0.455 e. The number of carbonyl (C=O) groups excluding carboxylic acids is 2. The van der Waals surface area contributed by atoms with Gasteiger partial charge in [0.25, 0.3) is 0 Å². The van der Waals surface area contributed by atoms with Gasteiger partial charge < -0.3 is 4.74 Å². The SMILES string of the molecule is CC(=O)CC1(OC(=O)c2ccccc2)CC1. The maximum absolute atomic E-state index is 11.7. The normalized spacial score (nSPS) is 16.6. The molecule has 0 bridgehead atoms. The molecule has 0 aliphatic heterocycles. The van der Waals surface area contributed by atoms with Gasteiger partial charge in [0.15, 0.2) is 0 Å². The second-order valence-electron chi connectivity index (χ2n) is 4.32. The molecule has 0 N–H and O–H groups in total. The van der Waals surface area contributed by atoms with Gasteiger partial charge in [-0.15, -0.1) is 0 Å². The monoisotopic (exact) mass is 218 g/mol. The molecule has 16 heavy (non-hydrogen) atoms. The molecule has 3 nitrogen and oxygen atoms in total. The Bertz CT molecular complexity index is 404. The fraction of sp³-hybridized carbons (Fsp3) is 0.385. The second kappa shape index (κ2) is 4.08. The predicted molar refractivity (Wildman–Crippen MR) is 59.1 cm³/mol. The van der Waals surface area contributed by atoms with Crippen molar-refractivity contribution in [2.24, 2.45) is 0 Å². The van der Waals surface area contributed by atoms with Crippen LogP contribution in [0.2, 0.25) is 0 Å². The Morgan fingerprint density at radius 1 is 1.25 bits per heavy atom. The van der Waals surface area contributed by atoms with E-state index in [2.05, 4.69) is 0 Å². The molecule has 2 rings (SSSR count).